The maximum atomic E-state index is 11.9. The van der Waals surface area contributed by atoms with Gasteiger partial charge in [0.25, 0.3) is 0 Å². The number of aromatic amines is 1. The normalized spacial score (nSPS) is 17.8. The Kier molecular flexibility index (Phi) is 17.2. The standard InChI is InChI=1S/C54H66N4O6/c1-10-39-36(7)44-29-50-54(51(60)22-14-21-35(6)20-13-19-34(5)18-12-17-33(4)16-11-15-32(2)3)38(9)45(57-50)28-49-42(31-59)41(24-26-53(63)64)48(58-49)30-47-40(23-25-52(61)62)37(8)43(56-47)27-46(39)55-44/h10,15,17,19,21,27-31,51,55,59-60H,1,11-14,16,18,20,22-26H2,2-9H3,(H,61,62)(H,63,64)/b33-17+,34-19+,35-21+,42-31?,44-29?,45-28?,46-27?,47-30?/t51-/m0/s1. The van der Waals surface area contributed by atoms with E-state index in [1.165, 1.54) is 22.3 Å². The molecule has 1 aromatic rings. The van der Waals surface area contributed by atoms with Gasteiger partial charge in [-0.25, -0.2) is 15.0 Å². The van der Waals surface area contributed by atoms with Crippen molar-refractivity contribution in [2.45, 2.75) is 139 Å². The summed E-state index contributed by atoms with van der Waals surface area (Å²) in [4.78, 5) is 42.0. The van der Waals surface area contributed by atoms with Crippen LogP contribution in [0.5, 0.6) is 0 Å². The third-order valence-corrected chi connectivity index (χ3v) is 12.3. The highest BCUT2D eigenvalue weighted by Crippen LogP contribution is 2.38. The molecule has 338 valence electrons. The van der Waals surface area contributed by atoms with Gasteiger partial charge in [0.2, 0.25) is 0 Å². The van der Waals surface area contributed by atoms with Crippen molar-refractivity contribution in [2.24, 2.45) is 15.0 Å². The van der Waals surface area contributed by atoms with E-state index in [1.54, 1.807) is 18.2 Å². The first-order chi connectivity index (χ1) is 30.5. The molecule has 8 bridgehead atoms. The van der Waals surface area contributed by atoms with E-state index in [0.717, 1.165) is 83.3 Å². The van der Waals surface area contributed by atoms with Gasteiger partial charge in [-0.3, -0.25) is 9.59 Å². The average Bonchev–Trinajstić information content (AvgIpc) is 3.91. The number of carbonyl (C=O) groups is 2. The minimum atomic E-state index is -1.00. The lowest BCUT2D eigenvalue weighted by Crippen LogP contribution is -2.20. The van der Waals surface area contributed by atoms with Crippen molar-refractivity contribution in [3.8, 4) is 0 Å². The van der Waals surface area contributed by atoms with Crippen LogP contribution in [0.15, 0.2) is 137 Å². The molecular weight excluding hydrogens is 801 g/mol. The molecule has 10 nitrogen and oxygen atoms in total. The van der Waals surface area contributed by atoms with Crippen LogP contribution < -0.4 is 10.7 Å². The van der Waals surface area contributed by atoms with Crippen LogP contribution in [0.25, 0.3) is 18.2 Å². The summed E-state index contributed by atoms with van der Waals surface area (Å²) < 4.78 is 0. The molecule has 0 fully saturated rings. The molecule has 1 aromatic heterocycles. The molecule has 4 aliphatic rings. The van der Waals surface area contributed by atoms with Crippen molar-refractivity contribution in [3.05, 3.63) is 144 Å². The Labute approximate surface area is 378 Å². The zero-order valence-corrected chi connectivity index (χ0v) is 39.0. The van der Waals surface area contributed by atoms with Crippen molar-refractivity contribution < 1.29 is 30.0 Å². The van der Waals surface area contributed by atoms with Gasteiger partial charge in [-0.2, -0.15) is 0 Å². The SMILES string of the molecule is C=Cc1c(C)c2[nH]c1=CC1=NC(=CC3=C(CCC(=O)O)C(=CO)C(=N3)C=C3N=C(C=2)C([C@@H](O)CC/C=C(\C)CC/C=C(\C)CC/C=C(\C)CCC=C(C)C)=C3C)C(CCC(=O)O)=C1C. The summed E-state index contributed by atoms with van der Waals surface area (Å²) in [6.45, 7) is 20.8. The highest BCUT2D eigenvalue weighted by Gasteiger charge is 2.30. The molecule has 5 N–H and O–H groups in total. The van der Waals surface area contributed by atoms with E-state index in [4.69, 9.17) is 15.0 Å². The van der Waals surface area contributed by atoms with E-state index in [0.29, 0.717) is 63.8 Å². The van der Waals surface area contributed by atoms with Crippen molar-refractivity contribution in [2.75, 3.05) is 0 Å². The van der Waals surface area contributed by atoms with Crippen LogP contribution in [0, 0.1) is 6.92 Å². The minimum absolute atomic E-state index is 0.0817. The quantitative estimate of drug-likeness (QED) is 0.0646. The monoisotopic (exact) mass is 866 g/mol. The molecule has 5 rings (SSSR count). The van der Waals surface area contributed by atoms with Gasteiger partial charge in [0.15, 0.2) is 0 Å². The Morgan fingerprint density at radius 1 is 0.672 bits per heavy atom. The summed E-state index contributed by atoms with van der Waals surface area (Å²) in [5, 5.41) is 43.4. The molecule has 0 spiro atoms. The van der Waals surface area contributed by atoms with Crippen LogP contribution in [0.1, 0.15) is 137 Å². The molecule has 1 atom stereocenters. The Balaban J connectivity index is 1.46. The lowest BCUT2D eigenvalue weighted by atomic mass is 9.94. The smallest absolute Gasteiger partial charge is 0.303 e. The zero-order valence-electron chi connectivity index (χ0n) is 39.0. The number of allylic oxidation sites excluding steroid dienone is 15. The third-order valence-electron chi connectivity index (χ3n) is 12.3. The van der Waals surface area contributed by atoms with E-state index < -0.39 is 18.0 Å². The fourth-order valence-corrected chi connectivity index (χ4v) is 8.45. The number of aliphatic hydroxyl groups is 2. The van der Waals surface area contributed by atoms with E-state index in [1.807, 2.05) is 32.9 Å². The summed E-state index contributed by atoms with van der Waals surface area (Å²) >= 11 is 0. The van der Waals surface area contributed by atoms with Gasteiger partial charge in [0, 0.05) is 40.2 Å². The molecule has 0 saturated carbocycles. The number of aromatic nitrogens is 1. The topological polar surface area (TPSA) is 168 Å². The molecule has 5 heterocycles. The number of aliphatic imine (C=N–C) groups is 3. The summed E-state index contributed by atoms with van der Waals surface area (Å²) in [5.41, 5.74) is 14.3. The van der Waals surface area contributed by atoms with Crippen LogP contribution in [-0.4, -0.2) is 60.6 Å². The third kappa shape index (κ3) is 12.5. The molecule has 64 heavy (non-hydrogen) atoms. The zero-order chi connectivity index (χ0) is 46.7. The Morgan fingerprint density at radius 2 is 1.23 bits per heavy atom. The van der Waals surface area contributed by atoms with Crippen LogP contribution in [-0.2, 0) is 9.59 Å². The first-order valence-electron chi connectivity index (χ1n) is 22.5. The molecule has 0 unspecified atom stereocenters. The van der Waals surface area contributed by atoms with Gasteiger partial charge in [0.1, 0.15) is 0 Å². The Hall–Kier alpha value is -6.13. The van der Waals surface area contributed by atoms with Crippen LogP contribution in [0.2, 0.25) is 0 Å². The van der Waals surface area contributed by atoms with Crippen LogP contribution in [0.3, 0.4) is 0 Å². The summed E-state index contributed by atoms with van der Waals surface area (Å²) in [6.07, 6.45) is 25.9. The molecule has 0 aromatic carbocycles. The predicted octanol–water partition coefficient (Wildman–Crippen LogP) is 11.0. The van der Waals surface area contributed by atoms with Gasteiger partial charge in [-0.15, -0.1) is 0 Å². The Bertz CT molecular complexity index is 2610. The van der Waals surface area contributed by atoms with Crippen molar-refractivity contribution in [1.29, 1.82) is 0 Å². The fourth-order valence-electron chi connectivity index (χ4n) is 8.45. The number of carboxylic acid groups (broad SMARTS) is 2. The van der Waals surface area contributed by atoms with E-state index in [-0.39, 0.29) is 25.7 Å². The molecule has 10 heteroatoms. The molecule has 0 saturated heterocycles. The number of aliphatic hydroxyl groups excluding tert-OH is 2. The summed E-state index contributed by atoms with van der Waals surface area (Å²) in [7, 11) is 0. The van der Waals surface area contributed by atoms with Gasteiger partial charge >= 0.3 is 11.9 Å². The van der Waals surface area contributed by atoms with Gasteiger partial charge < -0.3 is 25.4 Å². The van der Waals surface area contributed by atoms with Crippen molar-refractivity contribution in [3.63, 3.8) is 0 Å². The van der Waals surface area contributed by atoms with E-state index in [9.17, 15) is 30.0 Å². The second-order valence-corrected chi connectivity index (χ2v) is 17.5. The summed E-state index contributed by atoms with van der Waals surface area (Å²) in [5.74, 6) is -1.94. The molecule has 4 aliphatic heterocycles. The molecular formula is C54H66N4O6. The number of nitrogens with one attached hydrogen (secondary N) is 1. The first kappa shape index (κ1) is 48.9. The number of hydrogen-bond acceptors (Lipinski definition) is 7. The molecule has 0 radical (unpaired) electrons. The van der Waals surface area contributed by atoms with E-state index >= 15 is 0 Å². The summed E-state index contributed by atoms with van der Waals surface area (Å²) in [6, 6.07) is 0. The number of fused-ring (bicyclic) bond motifs is 5. The van der Waals surface area contributed by atoms with Crippen LogP contribution >= 0.6 is 0 Å². The van der Waals surface area contributed by atoms with Crippen molar-refractivity contribution >= 4 is 47.3 Å². The second-order valence-electron chi connectivity index (χ2n) is 17.5. The predicted molar refractivity (Wildman–Crippen MR) is 263 cm³/mol. The maximum Gasteiger partial charge on any atom is 0.303 e. The highest BCUT2D eigenvalue weighted by molar-refractivity contribution is 6.25. The lowest BCUT2D eigenvalue weighted by Gasteiger charge is -2.13. The second kappa shape index (κ2) is 22.5. The molecule has 0 aliphatic carbocycles. The highest BCUT2D eigenvalue weighted by atomic mass is 16.4. The van der Waals surface area contributed by atoms with Gasteiger partial charge in [-0.1, -0.05) is 59.3 Å². The molecule has 0 amide bonds. The van der Waals surface area contributed by atoms with E-state index in [2.05, 4.69) is 70.5 Å². The minimum Gasteiger partial charge on any atom is -0.515 e. The first-order valence-corrected chi connectivity index (χ1v) is 22.5. The lowest BCUT2D eigenvalue weighted by molar-refractivity contribution is -0.137. The number of hydrogen-bond donors (Lipinski definition) is 5. The van der Waals surface area contributed by atoms with Crippen molar-refractivity contribution in [1.82, 2.24) is 4.98 Å². The fraction of sp³-hybridized carbons (Fsp3) is 0.389. The number of nitrogens with zero attached hydrogens (tertiary/aromatic N) is 3. The number of aliphatic carboxylic acids is 2. The van der Waals surface area contributed by atoms with Crippen LogP contribution in [0.4, 0.5) is 0 Å². The number of carboxylic acids is 2. The number of rotatable bonds is 20. The van der Waals surface area contributed by atoms with Gasteiger partial charge in [0.05, 0.1) is 46.6 Å². The number of H-pyrrole nitrogens is 1. The maximum absolute atomic E-state index is 11.9. The largest absolute Gasteiger partial charge is 0.515 e. The van der Waals surface area contributed by atoms with Gasteiger partial charge in [-0.05, 0) is 172 Å². The Morgan fingerprint density at radius 3 is 1.81 bits per heavy atom. The average molecular weight is 867 g/mol.